The highest BCUT2D eigenvalue weighted by Gasteiger charge is 2.39. The molecule has 1 aromatic rings. The van der Waals surface area contributed by atoms with Gasteiger partial charge in [0.1, 0.15) is 6.04 Å². The number of urea groups is 1. The number of benzene rings is 1. The van der Waals surface area contributed by atoms with Crippen molar-refractivity contribution in [3.8, 4) is 11.5 Å². The Labute approximate surface area is 152 Å². The molecule has 1 aromatic carbocycles. The number of carbonyl (C=O) groups excluding carboxylic acids is 3. The Balaban J connectivity index is 1.66. The summed E-state index contributed by atoms with van der Waals surface area (Å²) in [5.74, 6) is 0.631. The van der Waals surface area contributed by atoms with E-state index in [2.05, 4.69) is 5.32 Å². The number of imide groups is 1. The Morgan fingerprint density at radius 2 is 1.85 bits per heavy atom. The molecule has 1 atom stereocenters. The van der Waals surface area contributed by atoms with Crippen molar-refractivity contribution in [1.29, 1.82) is 0 Å². The molecule has 8 nitrogen and oxygen atoms in total. The molecule has 3 rings (SSSR count). The van der Waals surface area contributed by atoms with E-state index in [1.807, 2.05) is 0 Å². The number of methoxy groups -OCH3 is 2. The molecule has 2 saturated heterocycles. The first-order valence-corrected chi connectivity index (χ1v) is 8.64. The number of carbonyl (C=O) groups is 3. The van der Waals surface area contributed by atoms with Crippen LogP contribution in [0, 0.1) is 0 Å². The molecule has 2 fully saturated rings. The highest BCUT2D eigenvalue weighted by molar-refractivity contribution is 6.05. The van der Waals surface area contributed by atoms with Crippen LogP contribution in [0.1, 0.15) is 24.8 Å². The molecule has 8 heteroatoms. The van der Waals surface area contributed by atoms with Gasteiger partial charge in [0, 0.05) is 13.1 Å². The summed E-state index contributed by atoms with van der Waals surface area (Å²) < 4.78 is 10.4. The third kappa shape index (κ3) is 3.58. The zero-order valence-corrected chi connectivity index (χ0v) is 15.0. The number of hydrogen-bond donors (Lipinski definition) is 1. The Hall–Kier alpha value is -2.77. The Morgan fingerprint density at radius 3 is 2.50 bits per heavy atom. The molecular formula is C18H23N3O5. The Kier molecular flexibility index (Phi) is 5.29. The van der Waals surface area contributed by atoms with Crippen LogP contribution >= 0.6 is 0 Å². The van der Waals surface area contributed by atoms with E-state index in [1.54, 1.807) is 23.1 Å². The van der Waals surface area contributed by atoms with Gasteiger partial charge in [0.25, 0.3) is 5.91 Å². The maximum atomic E-state index is 12.6. The molecule has 1 N–H and O–H groups in total. The minimum atomic E-state index is -0.796. The lowest BCUT2D eigenvalue weighted by atomic mass is 10.1. The third-order valence-electron chi connectivity index (χ3n) is 4.73. The van der Waals surface area contributed by atoms with Crippen molar-refractivity contribution in [1.82, 2.24) is 15.1 Å². The van der Waals surface area contributed by atoms with Crippen LogP contribution in [-0.2, 0) is 16.1 Å². The summed E-state index contributed by atoms with van der Waals surface area (Å²) in [5, 5.41) is 2.61. The molecule has 2 aliphatic heterocycles. The summed E-state index contributed by atoms with van der Waals surface area (Å²) in [6, 6.07) is 3.94. The SMILES string of the molecule is COc1ccc(CN2C(=O)N[C@H](CC(=O)N3CCCC3)C2=O)cc1OC. The minimum absolute atomic E-state index is 0.00695. The van der Waals surface area contributed by atoms with Crippen molar-refractivity contribution in [2.24, 2.45) is 0 Å². The molecule has 140 valence electrons. The van der Waals surface area contributed by atoms with E-state index in [4.69, 9.17) is 9.47 Å². The Morgan fingerprint density at radius 1 is 1.15 bits per heavy atom. The third-order valence-corrected chi connectivity index (χ3v) is 4.73. The summed E-state index contributed by atoms with van der Waals surface area (Å²) >= 11 is 0. The zero-order chi connectivity index (χ0) is 18.7. The molecule has 0 unspecified atom stereocenters. The van der Waals surface area contributed by atoms with Crippen LogP contribution in [0.5, 0.6) is 11.5 Å². The van der Waals surface area contributed by atoms with Crippen molar-refractivity contribution in [3.05, 3.63) is 23.8 Å². The Bertz CT molecular complexity index is 715. The summed E-state index contributed by atoms with van der Waals surface area (Å²) in [5.41, 5.74) is 0.734. The van der Waals surface area contributed by atoms with Crippen molar-refractivity contribution in [2.75, 3.05) is 27.3 Å². The van der Waals surface area contributed by atoms with Gasteiger partial charge in [-0.2, -0.15) is 0 Å². The van der Waals surface area contributed by atoms with E-state index < -0.39 is 12.1 Å². The average molecular weight is 361 g/mol. The van der Waals surface area contributed by atoms with E-state index in [9.17, 15) is 14.4 Å². The van der Waals surface area contributed by atoms with Crippen molar-refractivity contribution in [2.45, 2.75) is 31.8 Å². The molecule has 0 bridgehead atoms. The van der Waals surface area contributed by atoms with Crippen LogP contribution in [0.25, 0.3) is 0 Å². The first-order valence-electron chi connectivity index (χ1n) is 8.64. The summed E-state index contributed by atoms with van der Waals surface area (Å²) in [6.45, 7) is 1.56. The molecule has 2 heterocycles. The van der Waals surface area contributed by atoms with Crippen LogP contribution in [0.4, 0.5) is 4.79 Å². The van der Waals surface area contributed by atoms with Gasteiger partial charge in [-0.1, -0.05) is 6.07 Å². The van der Waals surface area contributed by atoms with E-state index in [-0.39, 0.29) is 24.8 Å². The molecule has 0 radical (unpaired) electrons. The number of hydrogen-bond acceptors (Lipinski definition) is 5. The molecule has 0 aliphatic carbocycles. The smallest absolute Gasteiger partial charge is 0.325 e. The number of nitrogens with one attached hydrogen (secondary N) is 1. The minimum Gasteiger partial charge on any atom is -0.493 e. The van der Waals surface area contributed by atoms with Gasteiger partial charge >= 0.3 is 6.03 Å². The second-order valence-electron chi connectivity index (χ2n) is 6.41. The average Bonchev–Trinajstić information content (AvgIpc) is 3.26. The van der Waals surface area contributed by atoms with Gasteiger partial charge in [-0.15, -0.1) is 0 Å². The fourth-order valence-corrected chi connectivity index (χ4v) is 3.30. The van der Waals surface area contributed by atoms with Crippen LogP contribution < -0.4 is 14.8 Å². The monoisotopic (exact) mass is 361 g/mol. The fourth-order valence-electron chi connectivity index (χ4n) is 3.30. The number of nitrogens with zero attached hydrogens (tertiary/aromatic N) is 2. The summed E-state index contributed by atoms with van der Waals surface area (Å²) in [4.78, 5) is 39.9. The molecular weight excluding hydrogens is 338 g/mol. The maximum absolute atomic E-state index is 12.6. The molecule has 0 spiro atoms. The molecule has 26 heavy (non-hydrogen) atoms. The number of ether oxygens (including phenoxy) is 2. The standard InChI is InChI=1S/C18H23N3O5/c1-25-14-6-5-12(9-15(14)26-2)11-21-17(23)13(19-18(21)24)10-16(22)20-7-3-4-8-20/h5-6,9,13H,3-4,7-8,10-11H2,1-2H3,(H,19,24)/t13-/m1/s1. The van der Waals surface area contributed by atoms with Crippen LogP contribution in [-0.4, -0.2) is 61.0 Å². The highest BCUT2D eigenvalue weighted by Crippen LogP contribution is 2.28. The predicted molar refractivity (Wildman–Crippen MR) is 92.8 cm³/mol. The highest BCUT2D eigenvalue weighted by atomic mass is 16.5. The fraction of sp³-hybridized carbons (Fsp3) is 0.500. The van der Waals surface area contributed by atoms with Crippen LogP contribution in [0.15, 0.2) is 18.2 Å². The van der Waals surface area contributed by atoms with Gasteiger partial charge in [-0.25, -0.2) is 4.79 Å². The lowest BCUT2D eigenvalue weighted by Gasteiger charge is -2.17. The molecule has 0 saturated carbocycles. The summed E-state index contributed by atoms with van der Waals surface area (Å²) in [6.07, 6.45) is 1.98. The zero-order valence-electron chi connectivity index (χ0n) is 15.0. The second-order valence-corrected chi connectivity index (χ2v) is 6.41. The van der Waals surface area contributed by atoms with E-state index in [0.29, 0.717) is 11.5 Å². The number of rotatable bonds is 6. The molecule has 4 amide bonds. The predicted octanol–water partition coefficient (Wildman–Crippen LogP) is 1.14. The second kappa shape index (κ2) is 7.63. The van der Waals surface area contributed by atoms with Crippen LogP contribution in [0.2, 0.25) is 0 Å². The maximum Gasteiger partial charge on any atom is 0.325 e. The quantitative estimate of drug-likeness (QED) is 0.768. The van der Waals surface area contributed by atoms with E-state index >= 15 is 0 Å². The van der Waals surface area contributed by atoms with Crippen molar-refractivity contribution in [3.63, 3.8) is 0 Å². The largest absolute Gasteiger partial charge is 0.493 e. The first kappa shape index (κ1) is 18.0. The number of likely N-dealkylation sites (tertiary alicyclic amines) is 1. The van der Waals surface area contributed by atoms with Crippen molar-refractivity contribution >= 4 is 17.8 Å². The van der Waals surface area contributed by atoms with Gasteiger partial charge in [0.2, 0.25) is 5.91 Å². The normalized spacial score (nSPS) is 19.7. The van der Waals surface area contributed by atoms with E-state index in [0.717, 1.165) is 36.4 Å². The van der Waals surface area contributed by atoms with Crippen molar-refractivity contribution < 1.29 is 23.9 Å². The summed E-state index contributed by atoms with van der Waals surface area (Å²) in [7, 11) is 3.06. The molecule has 2 aliphatic rings. The van der Waals surface area contributed by atoms with Gasteiger partial charge in [-0.3, -0.25) is 14.5 Å². The van der Waals surface area contributed by atoms with Gasteiger partial charge in [-0.05, 0) is 30.5 Å². The van der Waals surface area contributed by atoms with Gasteiger partial charge in [0.05, 0.1) is 27.2 Å². The lowest BCUT2D eigenvalue weighted by Crippen LogP contribution is -2.37. The first-order chi connectivity index (χ1) is 12.5. The van der Waals surface area contributed by atoms with Crippen LogP contribution in [0.3, 0.4) is 0 Å². The van der Waals surface area contributed by atoms with Gasteiger partial charge < -0.3 is 19.7 Å². The topological polar surface area (TPSA) is 88.2 Å². The lowest BCUT2D eigenvalue weighted by molar-refractivity contribution is -0.135. The van der Waals surface area contributed by atoms with Gasteiger partial charge in [0.15, 0.2) is 11.5 Å². The molecule has 0 aromatic heterocycles. The van der Waals surface area contributed by atoms with E-state index in [1.165, 1.54) is 14.2 Å². The number of amides is 4.